The van der Waals surface area contributed by atoms with Gasteiger partial charge in [-0.3, -0.25) is 0 Å². The number of hydrogen-bond donors (Lipinski definition) is 0. The molecule has 0 saturated carbocycles. The molecule has 1 nitrogen and oxygen atoms in total. The highest BCUT2D eigenvalue weighted by molar-refractivity contribution is 4.91. The van der Waals surface area contributed by atoms with Crippen LogP contribution in [-0.2, 0) is 4.74 Å². The van der Waals surface area contributed by atoms with Gasteiger partial charge in [0.2, 0.25) is 0 Å². The molecule has 2 atom stereocenters. The zero-order chi connectivity index (χ0) is 6.69. The van der Waals surface area contributed by atoms with Gasteiger partial charge in [0, 0.05) is 0 Å². The Morgan fingerprint density at radius 2 is 2.22 bits per heavy atom. The van der Waals surface area contributed by atoms with Gasteiger partial charge in [-0.1, -0.05) is 19.1 Å². The van der Waals surface area contributed by atoms with Crippen molar-refractivity contribution in [2.45, 2.75) is 26.4 Å². The van der Waals surface area contributed by atoms with E-state index in [0.717, 1.165) is 13.0 Å². The molecule has 0 spiro atoms. The van der Waals surface area contributed by atoms with Crippen molar-refractivity contribution >= 4 is 0 Å². The summed E-state index contributed by atoms with van der Waals surface area (Å²) in [6, 6.07) is 0. The van der Waals surface area contributed by atoms with Gasteiger partial charge in [0.05, 0.1) is 12.7 Å². The fourth-order valence-electron chi connectivity index (χ4n) is 0.941. The van der Waals surface area contributed by atoms with Gasteiger partial charge in [0.1, 0.15) is 0 Å². The smallest absolute Gasteiger partial charge is 0.0607 e. The summed E-state index contributed by atoms with van der Waals surface area (Å²) in [7, 11) is 0. The molecule has 1 heterocycles. The molecule has 52 valence electrons. The van der Waals surface area contributed by atoms with Crippen LogP contribution in [0.2, 0.25) is 0 Å². The Morgan fingerprint density at radius 3 is 3.00 bits per heavy atom. The first-order valence-corrected chi connectivity index (χ1v) is 3.59. The Hall–Kier alpha value is -0.300. The summed E-state index contributed by atoms with van der Waals surface area (Å²) in [5.41, 5.74) is 0. The number of hydrogen-bond acceptors (Lipinski definition) is 1. The summed E-state index contributed by atoms with van der Waals surface area (Å²) in [5.74, 6) is 0.590. The fourth-order valence-corrected chi connectivity index (χ4v) is 0.941. The summed E-state index contributed by atoms with van der Waals surface area (Å²) >= 11 is 0. The molecule has 0 unspecified atom stereocenters. The lowest BCUT2D eigenvalue weighted by molar-refractivity contribution is 0.0510. The lowest BCUT2D eigenvalue weighted by atomic mass is 10.1. The average molecular weight is 126 g/mol. The minimum atomic E-state index is 0.406. The Labute approximate surface area is 56.7 Å². The monoisotopic (exact) mass is 126 g/mol. The molecule has 0 N–H and O–H groups in total. The maximum atomic E-state index is 5.45. The fraction of sp³-hybridized carbons (Fsp3) is 0.750. The zero-order valence-electron chi connectivity index (χ0n) is 6.13. The van der Waals surface area contributed by atoms with Crippen LogP contribution < -0.4 is 0 Å². The Balaban J connectivity index is 2.46. The van der Waals surface area contributed by atoms with Gasteiger partial charge in [0.25, 0.3) is 0 Å². The molecule has 1 aliphatic heterocycles. The van der Waals surface area contributed by atoms with E-state index in [9.17, 15) is 0 Å². The first kappa shape index (κ1) is 6.81. The molecule has 0 amide bonds. The van der Waals surface area contributed by atoms with Gasteiger partial charge in [-0.25, -0.2) is 0 Å². The van der Waals surface area contributed by atoms with Crippen molar-refractivity contribution < 1.29 is 4.74 Å². The van der Waals surface area contributed by atoms with E-state index in [2.05, 4.69) is 26.0 Å². The maximum Gasteiger partial charge on any atom is 0.0607 e. The second-order valence-corrected chi connectivity index (χ2v) is 2.65. The molecule has 1 heteroatoms. The van der Waals surface area contributed by atoms with Crippen LogP contribution in [0.3, 0.4) is 0 Å². The van der Waals surface area contributed by atoms with E-state index in [0.29, 0.717) is 12.0 Å². The van der Waals surface area contributed by atoms with Crippen molar-refractivity contribution in [2.24, 2.45) is 5.92 Å². The molecule has 0 aromatic carbocycles. The van der Waals surface area contributed by atoms with Crippen LogP contribution in [-0.4, -0.2) is 12.7 Å². The van der Waals surface area contributed by atoms with Crippen LogP contribution in [0.25, 0.3) is 0 Å². The normalized spacial score (nSPS) is 36.2. The van der Waals surface area contributed by atoms with E-state index in [1.165, 1.54) is 0 Å². The summed E-state index contributed by atoms with van der Waals surface area (Å²) < 4.78 is 5.45. The van der Waals surface area contributed by atoms with Gasteiger partial charge in [-0.15, -0.1) is 0 Å². The van der Waals surface area contributed by atoms with Crippen molar-refractivity contribution in [1.29, 1.82) is 0 Å². The molecule has 0 aliphatic carbocycles. The van der Waals surface area contributed by atoms with Crippen LogP contribution >= 0.6 is 0 Å². The van der Waals surface area contributed by atoms with Crippen molar-refractivity contribution in [3.05, 3.63) is 12.2 Å². The van der Waals surface area contributed by atoms with Crippen LogP contribution in [0, 0.1) is 5.92 Å². The summed E-state index contributed by atoms with van der Waals surface area (Å²) in [6.45, 7) is 5.20. The van der Waals surface area contributed by atoms with Gasteiger partial charge in [-0.05, 0) is 19.3 Å². The number of rotatable bonds is 0. The van der Waals surface area contributed by atoms with Gasteiger partial charge >= 0.3 is 0 Å². The van der Waals surface area contributed by atoms with Crippen molar-refractivity contribution in [2.75, 3.05) is 6.61 Å². The van der Waals surface area contributed by atoms with Crippen molar-refractivity contribution in [1.82, 2.24) is 0 Å². The molecule has 0 bridgehead atoms. The molecular formula is C8H14O. The zero-order valence-corrected chi connectivity index (χ0v) is 6.13. The molecule has 0 fully saturated rings. The third kappa shape index (κ3) is 1.83. The van der Waals surface area contributed by atoms with Crippen LogP contribution in [0.15, 0.2) is 12.2 Å². The van der Waals surface area contributed by atoms with Gasteiger partial charge in [-0.2, -0.15) is 0 Å². The summed E-state index contributed by atoms with van der Waals surface area (Å²) in [6.07, 6.45) is 5.92. The van der Waals surface area contributed by atoms with Gasteiger partial charge < -0.3 is 4.74 Å². The Kier molecular flexibility index (Phi) is 2.29. The second kappa shape index (κ2) is 3.02. The second-order valence-electron chi connectivity index (χ2n) is 2.65. The average Bonchev–Trinajstić information content (AvgIpc) is 1.99. The van der Waals surface area contributed by atoms with Crippen LogP contribution in [0.1, 0.15) is 20.3 Å². The lowest BCUT2D eigenvalue weighted by Crippen LogP contribution is -2.14. The first-order valence-electron chi connectivity index (χ1n) is 3.59. The lowest BCUT2D eigenvalue weighted by Gasteiger charge is -2.13. The largest absolute Gasteiger partial charge is 0.378 e. The first-order chi connectivity index (χ1) is 4.30. The van der Waals surface area contributed by atoms with Crippen molar-refractivity contribution in [3.63, 3.8) is 0 Å². The molecular weight excluding hydrogens is 112 g/mol. The van der Waals surface area contributed by atoms with Gasteiger partial charge in [0.15, 0.2) is 0 Å². The summed E-state index contributed by atoms with van der Waals surface area (Å²) in [5, 5.41) is 0. The highest BCUT2D eigenvalue weighted by Gasteiger charge is 2.10. The number of ether oxygens (including phenoxy) is 1. The predicted molar refractivity (Wildman–Crippen MR) is 38.3 cm³/mol. The van der Waals surface area contributed by atoms with Crippen LogP contribution in [0.4, 0.5) is 0 Å². The van der Waals surface area contributed by atoms with E-state index < -0.39 is 0 Å². The van der Waals surface area contributed by atoms with Crippen molar-refractivity contribution in [3.8, 4) is 0 Å². The quantitative estimate of drug-likeness (QED) is 0.451. The summed E-state index contributed by atoms with van der Waals surface area (Å²) in [4.78, 5) is 0. The molecule has 0 aromatic heterocycles. The maximum absolute atomic E-state index is 5.45. The Bertz CT molecular complexity index is 107. The van der Waals surface area contributed by atoms with E-state index in [-0.39, 0.29) is 0 Å². The SMILES string of the molecule is C[C@H]1C=CCCO[C@@H]1C. The van der Waals surface area contributed by atoms with E-state index in [1.807, 2.05) is 0 Å². The molecule has 0 saturated heterocycles. The minimum absolute atomic E-state index is 0.406. The highest BCUT2D eigenvalue weighted by Crippen LogP contribution is 2.12. The molecule has 1 rings (SSSR count). The third-order valence-corrected chi connectivity index (χ3v) is 1.85. The van der Waals surface area contributed by atoms with E-state index in [1.54, 1.807) is 0 Å². The standard InChI is InChI=1S/C8H14O/c1-7-5-3-4-6-9-8(7)2/h3,5,7-8H,4,6H2,1-2H3/t7-,8+/m0/s1. The molecule has 1 aliphatic rings. The van der Waals surface area contributed by atoms with E-state index in [4.69, 9.17) is 4.74 Å². The minimum Gasteiger partial charge on any atom is -0.378 e. The predicted octanol–water partition coefficient (Wildman–Crippen LogP) is 1.99. The van der Waals surface area contributed by atoms with E-state index >= 15 is 0 Å². The van der Waals surface area contributed by atoms with Crippen LogP contribution in [0.5, 0.6) is 0 Å². The highest BCUT2D eigenvalue weighted by atomic mass is 16.5. The Morgan fingerprint density at radius 1 is 1.44 bits per heavy atom. The topological polar surface area (TPSA) is 9.23 Å². The molecule has 0 aromatic rings. The molecule has 9 heavy (non-hydrogen) atoms. The third-order valence-electron chi connectivity index (χ3n) is 1.85. The molecule has 0 radical (unpaired) electrons.